The molecule has 0 spiro atoms. The van der Waals surface area contributed by atoms with Crippen LogP contribution in [0.2, 0.25) is 0 Å². The first-order chi connectivity index (χ1) is 9.07. The first kappa shape index (κ1) is 14.1. The highest BCUT2D eigenvalue weighted by atomic mass is 16.2. The van der Waals surface area contributed by atoms with Crippen LogP contribution in [0.1, 0.15) is 38.7 Å². The van der Waals surface area contributed by atoms with Crippen molar-refractivity contribution in [2.24, 2.45) is 0 Å². The van der Waals surface area contributed by atoms with Crippen LogP contribution in [0.15, 0.2) is 30.3 Å². The average molecular weight is 260 g/mol. The minimum absolute atomic E-state index is 0.0102. The molecule has 19 heavy (non-hydrogen) atoms. The van der Waals surface area contributed by atoms with E-state index in [9.17, 15) is 4.79 Å². The van der Waals surface area contributed by atoms with Crippen molar-refractivity contribution in [1.29, 1.82) is 0 Å². The van der Waals surface area contributed by atoms with Gasteiger partial charge >= 0.3 is 0 Å². The number of carbonyl (C=O) groups is 1. The molecule has 1 fully saturated rings. The van der Waals surface area contributed by atoms with Crippen LogP contribution in [-0.2, 0) is 11.2 Å². The van der Waals surface area contributed by atoms with Crippen molar-refractivity contribution < 1.29 is 4.79 Å². The van der Waals surface area contributed by atoms with Gasteiger partial charge in [0.2, 0.25) is 5.91 Å². The topological polar surface area (TPSA) is 41.1 Å². The molecule has 2 N–H and O–H groups in total. The van der Waals surface area contributed by atoms with Gasteiger partial charge in [0, 0.05) is 5.54 Å². The monoisotopic (exact) mass is 260 g/mol. The fourth-order valence-electron chi connectivity index (χ4n) is 2.49. The Kier molecular flexibility index (Phi) is 4.59. The van der Waals surface area contributed by atoms with Crippen molar-refractivity contribution in [3.63, 3.8) is 0 Å². The molecular formula is C16H24N2O. The Bertz CT molecular complexity index is 408. The lowest BCUT2D eigenvalue weighted by atomic mass is 9.94. The van der Waals surface area contributed by atoms with Crippen LogP contribution in [-0.4, -0.2) is 24.0 Å². The number of amides is 1. The number of hydrogen-bond acceptors (Lipinski definition) is 2. The first-order valence-electron chi connectivity index (χ1n) is 7.16. The van der Waals surface area contributed by atoms with Crippen LogP contribution in [0.5, 0.6) is 0 Å². The second kappa shape index (κ2) is 6.20. The predicted octanol–water partition coefficient (Wildman–Crippen LogP) is 2.27. The van der Waals surface area contributed by atoms with E-state index >= 15 is 0 Å². The molecule has 1 atom stereocenters. The summed E-state index contributed by atoms with van der Waals surface area (Å²) in [4.78, 5) is 12.1. The summed E-state index contributed by atoms with van der Waals surface area (Å²) in [7, 11) is 0. The van der Waals surface area contributed by atoms with Gasteiger partial charge < -0.3 is 10.6 Å². The van der Waals surface area contributed by atoms with Gasteiger partial charge in [-0.3, -0.25) is 4.79 Å². The molecule has 1 unspecified atom stereocenters. The molecule has 2 rings (SSSR count). The largest absolute Gasteiger partial charge is 0.350 e. The maximum absolute atomic E-state index is 12.1. The Morgan fingerprint density at radius 3 is 2.74 bits per heavy atom. The molecule has 0 radical (unpaired) electrons. The molecule has 1 aromatic carbocycles. The first-order valence-corrected chi connectivity index (χ1v) is 7.16. The highest BCUT2D eigenvalue weighted by molar-refractivity contribution is 5.82. The molecule has 0 aromatic heterocycles. The Morgan fingerprint density at radius 1 is 1.37 bits per heavy atom. The Balaban J connectivity index is 1.82. The maximum atomic E-state index is 12.1. The van der Waals surface area contributed by atoms with Crippen molar-refractivity contribution in [2.45, 2.75) is 51.1 Å². The molecule has 1 aromatic rings. The smallest absolute Gasteiger partial charge is 0.237 e. The molecular weight excluding hydrogens is 236 g/mol. The summed E-state index contributed by atoms with van der Waals surface area (Å²) < 4.78 is 0. The Hall–Kier alpha value is -1.35. The lowest BCUT2D eigenvalue weighted by Crippen LogP contribution is -2.50. The third kappa shape index (κ3) is 4.35. The molecule has 3 nitrogen and oxygen atoms in total. The van der Waals surface area contributed by atoms with Crippen molar-refractivity contribution in [2.75, 3.05) is 6.54 Å². The van der Waals surface area contributed by atoms with Gasteiger partial charge in [-0.1, -0.05) is 30.3 Å². The van der Waals surface area contributed by atoms with Gasteiger partial charge in [-0.2, -0.15) is 0 Å². The molecule has 0 saturated carbocycles. The van der Waals surface area contributed by atoms with Gasteiger partial charge in [0.25, 0.3) is 0 Å². The van der Waals surface area contributed by atoms with Crippen LogP contribution >= 0.6 is 0 Å². The molecule has 1 amide bonds. The standard InChI is InChI=1S/C16H24N2O/c1-16(2,11-10-13-7-4-3-5-8-13)18-15(19)14-9-6-12-17-14/h3-5,7-8,14,17H,6,9-12H2,1-2H3,(H,18,19). The van der Waals surface area contributed by atoms with Gasteiger partial charge in [-0.05, 0) is 51.6 Å². The summed E-state index contributed by atoms with van der Waals surface area (Å²) in [6, 6.07) is 10.4. The summed E-state index contributed by atoms with van der Waals surface area (Å²) in [5, 5.41) is 6.41. The fourth-order valence-corrected chi connectivity index (χ4v) is 2.49. The average Bonchev–Trinajstić information content (AvgIpc) is 2.91. The van der Waals surface area contributed by atoms with Crippen LogP contribution in [0, 0.1) is 0 Å². The Labute approximate surface area is 115 Å². The summed E-state index contributed by atoms with van der Waals surface area (Å²) in [5.41, 5.74) is 1.17. The van der Waals surface area contributed by atoms with E-state index in [-0.39, 0.29) is 17.5 Å². The van der Waals surface area contributed by atoms with E-state index in [1.807, 2.05) is 6.07 Å². The molecule has 1 heterocycles. The maximum Gasteiger partial charge on any atom is 0.237 e. The van der Waals surface area contributed by atoms with E-state index in [0.717, 1.165) is 32.2 Å². The second-order valence-corrected chi connectivity index (χ2v) is 6.01. The van der Waals surface area contributed by atoms with Crippen LogP contribution < -0.4 is 10.6 Å². The number of benzene rings is 1. The zero-order valence-electron chi connectivity index (χ0n) is 11.9. The van der Waals surface area contributed by atoms with Crippen LogP contribution in [0.3, 0.4) is 0 Å². The third-order valence-corrected chi connectivity index (χ3v) is 3.72. The molecule has 0 bridgehead atoms. The van der Waals surface area contributed by atoms with E-state index < -0.39 is 0 Å². The second-order valence-electron chi connectivity index (χ2n) is 6.01. The van der Waals surface area contributed by atoms with Crippen molar-refractivity contribution in [1.82, 2.24) is 10.6 Å². The normalized spacial score (nSPS) is 19.4. The van der Waals surface area contributed by atoms with Gasteiger partial charge in [-0.15, -0.1) is 0 Å². The molecule has 0 aliphatic carbocycles. The predicted molar refractivity (Wildman–Crippen MR) is 78.0 cm³/mol. The van der Waals surface area contributed by atoms with E-state index in [1.54, 1.807) is 0 Å². The summed E-state index contributed by atoms with van der Waals surface area (Å²) >= 11 is 0. The van der Waals surface area contributed by atoms with Crippen molar-refractivity contribution in [3.05, 3.63) is 35.9 Å². The molecule has 1 aliphatic rings. The number of nitrogens with one attached hydrogen (secondary N) is 2. The highest BCUT2D eigenvalue weighted by Crippen LogP contribution is 2.15. The van der Waals surface area contributed by atoms with Gasteiger partial charge in [0.15, 0.2) is 0 Å². The van der Waals surface area contributed by atoms with E-state index in [4.69, 9.17) is 0 Å². The minimum Gasteiger partial charge on any atom is -0.350 e. The quantitative estimate of drug-likeness (QED) is 0.852. The third-order valence-electron chi connectivity index (χ3n) is 3.72. The lowest BCUT2D eigenvalue weighted by Gasteiger charge is -2.28. The Morgan fingerprint density at radius 2 is 2.11 bits per heavy atom. The zero-order valence-corrected chi connectivity index (χ0v) is 11.9. The van der Waals surface area contributed by atoms with E-state index in [1.165, 1.54) is 5.56 Å². The summed E-state index contributed by atoms with van der Waals surface area (Å²) in [5.74, 6) is 0.149. The summed E-state index contributed by atoms with van der Waals surface area (Å²) in [6.07, 6.45) is 4.00. The molecule has 3 heteroatoms. The lowest BCUT2D eigenvalue weighted by molar-refractivity contribution is -0.124. The molecule has 104 valence electrons. The SMILES string of the molecule is CC(C)(CCc1ccccc1)NC(=O)C1CCCN1. The molecule has 1 aliphatic heterocycles. The van der Waals surface area contributed by atoms with Gasteiger partial charge in [0.05, 0.1) is 6.04 Å². The van der Waals surface area contributed by atoms with E-state index in [2.05, 4.69) is 48.7 Å². The minimum atomic E-state index is -0.156. The van der Waals surface area contributed by atoms with E-state index in [0.29, 0.717) is 0 Å². The number of rotatable bonds is 5. The molecule has 1 saturated heterocycles. The number of hydrogen-bond donors (Lipinski definition) is 2. The summed E-state index contributed by atoms with van der Waals surface area (Å²) in [6.45, 7) is 5.16. The van der Waals surface area contributed by atoms with Gasteiger partial charge in [-0.25, -0.2) is 0 Å². The van der Waals surface area contributed by atoms with Gasteiger partial charge in [0.1, 0.15) is 0 Å². The van der Waals surface area contributed by atoms with Crippen LogP contribution in [0.4, 0.5) is 0 Å². The number of aryl methyl sites for hydroxylation is 1. The zero-order chi connectivity index (χ0) is 13.7. The van der Waals surface area contributed by atoms with Crippen molar-refractivity contribution in [3.8, 4) is 0 Å². The van der Waals surface area contributed by atoms with Crippen molar-refractivity contribution >= 4 is 5.91 Å². The number of carbonyl (C=O) groups excluding carboxylic acids is 1. The fraction of sp³-hybridized carbons (Fsp3) is 0.562. The van der Waals surface area contributed by atoms with Crippen LogP contribution in [0.25, 0.3) is 0 Å². The highest BCUT2D eigenvalue weighted by Gasteiger charge is 2.27.